The Morgan fingerprint density at radius 2 is 1.83 bits per heavy atom. The highest BCUT2D eigenvalue weighted by atomic mass is 35.5. The molecule has 0 fully saturated rings. The minimum Gasteiger partial charge on any atom is -0.326 e. The zero-order valence-corrected chi connectivity index (χ0v) is 19.0. The van der Waals surface area contributed by atoms with E-state index in [1.54, 1.807) is 11.3 Å². The van der Waals surface area contributed by atoms with Gasteiger partial charge in [0, 0.05) is 35.7 Å². The van der Waals surface area contributed by atoms with Crippen LogP contribution in [-0.4, -0.2) is 32.1 Å². The number of halogens is 1. The quantitative estimate of drug-likeness (QED) is 0.614. The van der Waals surface area contributed by atoms with E-state index in [0.29, 0.717) is 6.54 Å². The topological polar surface area (TPSA) is 79.4 Å². The zero-order valence-electron chi connectivity index (χ0n) is 16.6. The van der Waals surface area contributed by atoms with Gasteiger partial charge in [0.15, 0.2) is 0 Å². The number of fused-ring (bicyclic) bond motifs is 1. The van der Waals surface area contributed by atoms with Crippen molar-refractivity contribution in [3.63, 3.8) is 0 Å². The van der Waals surface area contributed by atoms with Crippen molar-refractivity contribution < 1.29 is 13.2 Å². The number of rotatable bonds is 4. The molecule has 9 heteroatoms. The van der Waals surface area contributed by atoms with E-state index < -0.39 is 10.0 Å². The summed E-state index contributed by atoms with van der Waals surface area (Å²) < 4.78 is 25.6. The van der Waals surface area contributed by atoms with Crippen LogP contribution < -0.4 is 9.62 Å². The molecule has 0 bridgehead atoms. The molecule has 0 aliphatic carbocycles. The number of nitrogens with one attached hydrogen (secondary N) is 1. The molecular weight excluding hydrogens is 442 g/mol. The molecule has 1 amide bonds. The van der Waals surface area contributed by atoms with Gasteiger partial charge in [-0.15, -0.1) is 23.7 Å². The van der Waals surface area contributed by atoms with Gasteiger partial charge < -0.3 is 5.32 Å². The minimum atomic E-state index is -3.27. The van der Waals surface area contributed by atoms with Crippen molar-refractivity contribution in [1.29, 1.82) is 0 Å². The van der Waals surface area contributed by atoms with Crippen molar-refractivity contribution in [3.8, 4) is 21.8 Å². The number of nitrogens with zero attached hydrogens (tertiary/aromatic N) is 2. The average Bonchev–Trinajstić information content (AvgIpc) is 3.16. The van der Waals surface area contributed by atoms with Crippen molar-refractivity contribution in [2.45, 2.75) is 19.8 Å². The van der Waals surface area contributed by atoms with Crippen LogP contribution in [0.15, 0.2) is 47.8 Å². The lowest BCUT2D eigenvalue weighted by molar-refractivity contribution is -0.114. The second-order valence-corrected chi connectivity index (χ2v) is 9.84. The maximum atomic E-state index is 12.0. The number of benzene rings is 2. The second-order valence-electron chi connectivity index (χ2n) is 7.08. The fourth-order valence-electron chi connectivity index (χ4n) is 3.50. The Labute approximate surface area is 186 Å². The first-order valence-corrected chi connectivity index (χ1v) is 12.0. The van der Waals surface area contributed by atoms with Crippen molar-refractivity contribution >= 4 is 51.0 Å². The van der Waals surface area contributed by atoms with E-state index in [9.17, 15) is 13.2 Å². The molecule has 1 N–H and O–H groups in total. The summed E-state index contributed by atoms with van der Waals surface area (Å²) in [7, 11) is -3.27. The molecule has 158 valence electrons. The van der Waals surface area contributed by atoms with E-state index in [4.69, 9.17) is 4.98 Å². The van der Waals surface area contributed by atoms with Gasteiger partial charge in [-0.2, -0.15) is 0 Å². The summed E-state index contributed by atoms with van der Waals surface area (Å²) >= 11 is 1.55. The third-order valence-corrected chi connectivity index (χ3v) is 6.88. The third kappa shape index (κ3) is 4.66. The van der Waals surface area contributed by atoms with Gasteiger partial charge in [0.05, 0.1) is 17.6 Å². The minimum absolute atomic E-state index is 0. The van der Waals surface area contributed by atoms with Crippen LogP contribution in [0.1, 0.15) is 18.9 Å². The lowest BCUT2D eigenvalue weighted by Gasteiger charge is -2.29. The molecule has 4 rings (SSSR count). The fourth-order valence-corrected chi connectivity index (χ4v) is 5.34. The van der Waals surface area contributed by atoms with Crippen LogP contribution in [-0.2, 0) is 21.2 Å². The molecule has 0 unspecified atom stereocenters. The van der Waals surface area contributed by atoms with E-state index in [2.05, 4.69) is 5.32 Å². The first-order valence-electron chi connectivity index (χ1n) is 9.26. The molecule has 2 heterocycles. The van der Waals surface area contributed by atoms with Gasteiger partial charge in [0.25, 0.3) is 0 Å². The maximum Gasteiger partial charge on any atom is 0.232 e. The number of anilines is 2. The van der Waals surface area contributed by atoms with Gasteiger partial charge >= 0.3 is 0 Å². The van der Waals surface area contributed by atoms with Crippen molar-refractivity contribution in [3.05, 3.63) is 53.4 Å². The molecule has 1 aromatic heterocycles. The fraction of sp³-hybridized carbons (Fsp3) is 0.238. The van der Waals surface area contributed by atoms with Crippen LogP contribution in [0.5, 0.6) is 0 Å². The number of aryl methyl sites for hydroxylation is 1. The molecule has 6 nitrogen and oxygen atoms in total. The molecule has 30 heavy (non-hydrogen) atoms. The Balaban J connectivity index is 0.00000256. The highest BCUT2D eigenvalue weighted by Gasteiger charge is 2.24. The largest absolute Gasteiger partial charge is 0.326 e. The van der Waals surface area contributed by atoms with Crippen LogP contribution in [0.2, 0.25) is 0 Å². The van der Waals surface area contributed by atoms with Gasteiger partial charge in [-0.05, 0) is 54.8 Å². The molecule has 0 saturated heterocycles. The van der Waals surface area contributed by atoms with Crippen LogP contribution >= 0.6 is 23.7 Å². The number of carbonyl (C=O) groups is 1. The van der Waals surface area contributed by atoms with Crippen LogP contribution in [0, 0.1) is 0 Å². The third-order valence-electron chi connectivity index (χ3n) is 4.81. The number of sulfonamides is 1. The summed E-state index contributed by atoms with van der Waals surface area (Å²) in [6, 6.07) is 13.4. The Morgan fingerprint density at radius 1 is 1.13 bits per heavy atom. The van der Waals surface area contributed by atoms with Crippen LogP contribution in [0.4, 0.5) is 11.4 Å². The number of hydrogen-bond donors (Lipinski definition) is 1. The highest BCUT2D eigenvalue weighted by molar-refractivity contribution is 7.92. The van der Waals surface area contributed by atoms with Crippen molar-refractivity contribution in [2.75, 3.05) is 22.4 Å². The van der Waals surface area contributed by atoms with E-state index in [0.717, 1.165) is 51.6 Å². The van der Waals surface area contributed by atoms with E-state index >= 15 is 0 Å². The summed E-state index contributed by atoms with van der Waals surface area (Å²) in [5.74, 6) is -0.101. The maximum absolute atomic E-state index is 12.0. The van der Waals surface area contributed by atoms with Crippen LogP contribution in [0.25, 0.3) is 21.8 Å². The Hall–Kier alpha value is -2.42. The van der Waals surface area contributed by atoms with Gasteiger partial charge in [-0.1, -0.05) is 6.07 Å². The molecule has 0 radical (unpaired) electrons. The van der Waals surface area contributed by atoms with E-state index in [-0.39, 0.29) is 18.3 Å². The summed E-state index contributed by atoms with van der Waals surface area (Å²) in [6.07, 6.45) is 2.92. The van der Waals surface area contributed by atoms with Crippen molar-refractivity contribution in [2.24, 2.45) is 0 Å². The Bertz CT molecular complexity index is 1170. The molecule has 0 spiro atoms. The SMILES string of the molecule is CC(=O)Nc1ccc(-c2nc(-c3ccc4c(c3)CCCN4S(C)(=O)=O)cs2)cc1.Cl. The predicted molar refractivity (Wildman–Crippen MR) is 125 cm³/mol. The van der Waals surface area contributed by atoms with Crippen LogP contribution in [0.3, 0.4) is 0 Å². The number of thiazole rings is 1. The van der Waals surface area contributed by atoms with E-state index in [1.165, 1.54) is 17.5 Å². The summed E-state index contributed by atoms with van der Waals surface area (Å²) in [6.45, 7) is 2.01. The molecule has 1 aliphatic heterocycles. The average molecular weight is 464 g/mol. The monoisotopic (exact) mass is 463 g/mol. The molecule has 3 aromatic rings. The molecule has 2 aromatic carbocycles. The van der Waals surface area contributed by atoms with E-state index in [1.807, 2.05) is 47.8 Å². The normalized spacial score (nSPS) is 13.3. The lowest BCUT2D eigenvalue weighted by Crippen LogP contribution is -2.34. The Kier molecular flexibility index (Phi) is 6.50. The van der Waals surface area contributed by atoms with Crippen molar-refractivity contribution in [1.82, 2.24) is 4.98 Å². The number of aromatic nitrogens is 1. The summed E-state index contributed by atoms with van der Waals surface area (Å²) in [5, 5.41) is 5.66. The molecule has 0 atom stereocenters. The standard InChI is InChI=1S/C21H21N3O3S2.ClH/c1-14(25)22-18-8-5-15(6-9-18)21-23-19(13-28-21)16-7-10-20-17(12-16)4-3-11-24(20)29(2,26)27;/h5-10,12-13H,3-4,11H2,1-2H3,(H,22,25);1H. The molecular formula is C21H22ClN3O3S2. The van der Waals surface area contributed by atoms with Gasteiger partial charge in [-0.3, -0.25) is 9.10 Å². The highest BCUT2D eigenvalue weighted by Crippen LogP contribution is 2.35. The smallest absolute Gasteiger partial charge is 0.232 e. The second kappa shape index (κ2) is 8.75. The summed E-state index contributed by atoms with van der Waals surface area (Å²) in [5.41, 5.74) is 5.39. The van der Waals surface area contributed by atoms with Gasteiger partial charge in [0.2, 0.25) is 15.9 Å². The number of hydrogen-bond acceptors (Lipinski definition) is 5. The van der Waals surface area contributed by atoms with Gasteiger partial charge in [-0.25, -0.2) is 13.4 Å². The predicted octanol–water partition coefficient (Wildman–Crippen LogP) is 4.57. The first-order chi connectivity index (χ1) is 13.8. The number of carbonyl (C=O) groups excluding carboxylic acids is 1. The molecule has 0 saturated carbocycles. The van der Waals surface area contributed by atoms with Gasteiger partial charge in [0.1, 0.15) is 5.01 Å². The first kappa shape index (κ1) is 22.3. The lowest BCUT2D eigenvalue weighted by atomic mass is 10.00. The zero-order chi connectivity index (χ0) is 20.6. The molecule has 1 aliphatic rings. The Morgan fingerprint density at radius 3 is 2.50 bits per heavy atom. The number of amides is 1. The summed E-state index contributed by atoms with van der Waals surface area (Å²) in [4.78, 5) is 15.9.